The van der Waals surface area contributed by atoms with E-state index in [0.717, 1.165) is 0 Å². The molecule has 0 bridgehead atoms. The maximum atomic E-state index is 10.7. The lowest BCUT2D eigenvalue weighted by Crippen LogP contribution is -2.14. The van der Waals surface area contributed by atoms with E-state index in [1.165, 1.54) is 12.1 Å². The summed E-state index contributed by atoms with van der Waals surface area (Å²) in [6.45, 7) is 0.807. The molecule has 0 aliphatic heterocycles. The molecule has 1 rings (SSSR count). The zero-order valence-corrected chi connectivity index (χ0v) is 8.62. The summed E-state index contributed by atoms with van der Waals surface area (Å²) in [6.07, 6.45) is 0. The predicted octanol–water partition coefficient (Wildman–Crippen LogP) is 1.20. The second-order valence-corrected chi connectivity index (χ2v) is 3.27. The summed E-state index contributed by atoms with van der Waals surface area (Å²) in [7, 11) is 0. The normalized spacial score (nSPS) is 10.0. The molecule has 0 fully saturated rings. The first-order chi connectivity index (χ1) is 7.06. The van der Waals surface area contributed by atoms with Gasteiger partial charge >= 0.3 is 0 Å². The van der Waals surface area contributed by atoms with Crippen molar-refractivity contribution in [1.82, 2.24) is 0 Å². The highest BCUT2D eigenvalue weighted by atomic mass is 35.5. The van der Waals surface area contributed by atoms with E-state index in [9.17, 15) is 10.1 Å². The molecule has 7 heteroatoms. The van der Waals surface area contributed by atoms with Gasteiger partial charge in [0, 0.05) is 19.2 Å². The number of nitro benzene ring substituents is 1. The molecule has 82 valence electrons. The van der Waals surface area contributed by atoms with E-state index in [-0.39, 0.29) is 10.7 Å². The van der Waals surface area contributed by atoms with Crippen LogP contribution in [0.2, 0.25) is 5.02 Å². The standard InChI is InChI=1S/C8H11ClN4O2/c9-5-3-8(13(14)15)7(4-6(5)11)12-2-1-10/h3-4,12H,1-2,10-11H2. The van der Waals surface area contributed by atoms with Gasteiger partial charge in [-0.05, 0) is 6.07 Å². The van der Waals surface area contributed by atoms with E-state index >= 15 is 0 Å². The van der Waals surface area contributed by atoms with Crippen LogP contribution in [0.5, 0.6) is 0 Å². The molecule has 0 amide bonds. The Morgan fingerprint density at radius 2 is 2.20 bits per heavy atom. The number of hydrogen-bond acceptors (Lipinski definition) is 5. The molecule has 15 heavy (non-hydrogen) atoms. The Morgan fingerprint density at radius 1 is 1.53 bits per heavy atom. The van der Waals surface area contributed by atoms with Crippen LogP contribution < -0.4 is 16.8 Å². The topological polar surface area (TPSA) is 107 Å². The lowest BCUT2D eigenvalue weighted by Gasteiger charge is -2.07. The van der Waals surface area contributed by atoms with Crippen LogP contribution in [0, 0.1) is 10.1 Å². The van der Waals surface area contributed by atoms with E-state index in [1.807, 2.05) is 0 Å². The second kappa shape index (κ2) is 4.81. The van der Waals surface area contributed by atoms with E-state index < -0.39 is 4.92 Å². The number of nitrogens with zero attached hydrogens (tertiary/aromatic N) is 1. The number of nitrogens with two attached hydrogens (primary N) is 2. The van der Waals surface area contributed by atoms with Crippen molar-refractivity contribution < 1.29 is 4.92 Å². The number of anilines is 2. The van der Waals surface area contributed by atoms with Crippen LogP contribution in [0.4, 0.5) is 17.1 Å². The van der Waals surface area contributed by atoms with Crippen LogP contribution in [0.3, 0.4) is 0 Å². The first-order valence-corrected chi connectivity index (χ1v) is 4.61. The quantitative estimate of drug-likeness (QED) is 0.409. The third-order valence-corrected chi connectivity index (χ3v) is 2.10. The lowest BCUT2D eigenvalue weighted by atomic mass is 10.2. The van der Waals surface area contributed by atoms with Crippen molar-refractivity contribution in [2.45, 2.75) is 0 Å². The highest BCUT2D eigenvalue weighted by molar-refractivity contribution is 6.33. The van der Waals surface area contributed by atoms with E-state index in [1.54, 1.807) is 0 Å². The number of nitrogen functional groups attached to an aromatic ring is 1. The van der Waals surface area contributed by atoms with Crippen LogP contribution in [0.25, 0.3) is 0 Å². The zero-order chi connectivity index (χ0) is 11.4. The summed E-state index contributed by atoms with van der Waals surface area (Å²) in [5.41, 5.74) is 11.3. The fourth-order valence-electron chi connectivity index (χ4n) is 1.08. The first-order valence-electron chi connectivity index (χ1n) is 4.23. The van der Waals surface area contributed by atoms with E-state index in [0.29, 0.717) is 24.5 Å². The number of nitro groups is 1. The van der Waals surface area contributed by atoms with Gasteiger partial charge in [0.2, 0.25) is 0 Å². The van der Waals surface area contributed by atoms with Gasteiger partial charge in [0.1, 0.15) is 5.69 Å². The fourth-order valence-corrected chi connectivity index (χ4v) is 1.24. The summed E-state index contributed by atoms with van der Waals surface area (Å²) >= 11 is 5.68. The molecule has 1 aromatic carbocycles. The average Bonchev–Trinajstić information content (AvgIpc) is 2.19. The molecule has 5 N–H and O–H groups in total. The smallest absolute Gasteiger partial charge is 0.293 e. The Labute approximate surface area is 91.3 Å². The number of benzene rings is 1. The summed E-state index contributed by atoms with van der Waals surface area (Å²) in [6, 6.07) is 2.64. The van der Waals surface area contributed by atoms with Gasteiger partial charge in [0.25, 0.3) is 5.69 Å². The fraction of sp³-hybridized carbons (Fsp3) is 0.250. The Bertz CT molecular complexity index is 383. The van der Waals surface area contributed by atoms with Crippen molar-refractivity contribution in [3.05, 3.63) is 27.3 Å². The number of rotatable bonds is 4. The molecular weight excluding hydrogens is 220 g/mol. The summed E-state index contributed by atoms with van der Waals surface area (Å²) in [5.74, 6) is 0. The SMILES string of the molecule is NCCNc1cc(N)c(Cl)cc1[N+](=O)[O-]. The summed E-state index contributed by atoms with van der Waals surface area (Å²) in [4.78, 5) is 10.2. The highest BCUT2D eigenvalue weighted by Gasteiger charge is 2.15. The van der Waals surface area contributed by atoms with Gasteiger partial charge < -0.3 is 16.8 Å². The molecule has 0 unspecified atom stereocenters. The third kappa shape index (κ3) is 2.71. The van der Waals surface area contributed by atoms with Gasteiger partial charge in [0.05, 0.1) is 15.6 Å². The molecule has 0 heterocycles. The van der Waals surface area contributed by atoms with Gasteiger partial charge in [-0.3, -0.25) is 10.1 Å². The monoisotopic (exact) mass is 230 g/mol. The number of nitrogens with one attached hydrogen (secondary N) is 1. The summed E-state index contributed by atoms with van der Waals surface area (Å²) < 4.78 is 0. The highest BCUT2D eigenvalue weighted by Crippen LogP contribution is 2.32. The second-order valence-electron chi connectivity index (χ2n) is 2.86. The van der Waals surface area contributed by atoms with Crippen molar-refractivity contribution >= 4 is 28.7 Å². The molecule has 0 atom stereocenters. The summed E-state index contributed by atoms with van der Waals surface area (Å²) in [5, 5.41) is 13.7. The van der Waals surface area contributed by atoms with Gasteiger partial charge in [-0.25, -0.2) is 0 Å². The van der Waals surface area contributed by atoms with Gasteiger partial charge in [-0.1, -0.05) is 11.6 Å². The minimum Gasteiger partial charge on any atom is -0.397 e. The van der Waals surface area contributed by atoms with Crippen LogP contribution in [-0.4, -0.2) is 18.0 Å². The van der Waals surface area contributed by atoms with Crippen LogP contribution in [0.1, 0.15) is 0 Å². The van der Waals surface area contributed by atoms with Gasteiger partial charge in [-0.15, -0.1) is 0 Å². The molecule has 0 aliphatic rings. The Hall–Kier alpha value is -1.53. The number of halogens is 1. The molecule has 0 saturated heterocycles. The molecular formula is C8H11ClN4O2. The van der Waals surface area contributed by atoms with Crippen LogP contribution in [-0.2, 0) is 0 Å². The van der Waals surface area contributed by atoms with Crippen LogP contribution in [0.15, 0.2) is 12.1 Å². The number of hydrogen-bond donors (Lipinski definition) is 3. The maximum Gasteiger partial charge on any atom is 0.293 e. The lowest BCUT2D eigenvalue weighted by molar-refractivity contribution is -0.383. The molecule has 1 aromatic rings. The maximum absolute atomic E-state index is 10.7. The Morgan fingerprint density at radius 3 is 2.73 bits per heavy atom. The molecule has 0 aromatic heterocycles. The third-order valence-electron chi connectivity index (χ3n) is 1.77. The minimum atomic E-state index is -0.524. The van der Waals surface area contributed by atoms with Crippen molar-refractivity contribution in [1.29, 1.82) is 0 Å². The van der Waals surface area contributed by atoms with Crippen molar-refractivity contribution in [2.75, 3.05) is 24.1 Å². The van der Waals surface area contributed by atoms with Crippen molar-refractivity contribution in [2.24, 2.45) is 5.73 Å². The molecule has 0 saturated carbocycles. The molecule has 6 nitrogen and oxygen atoms in total. The molecule has 0 radical (unpaired) electrons. The predicted molar refractivity (Wildman–Crippen MR) is 60.1 cm³/mol. The van der Waals surface area contributed by atoms with Crippen molar-refractivity contribution in [3.8, 4) is 0 Å². The zero-order valence-electron chi connectivity index (χ0n) is 7.87. The van der Waals surface area contributed by atoms with E-state index in [4.69, 9.17) is 23.1 Å². The Kier molecular flexibility index (Phi) is 3.70. The van der Waals surface area contributed by atoms with E-state index in [2.05, 4.69) is 5.32 Å². The average molecular weight is 231 g/mol. The molecule has 0 spiro atoms. The van der Waals surface area contributed by atoms with Gasteiger partial charge in [0.15, 0.2) is 0 Å². The Balaban J connectivity index is 3.10. The van der Waals surface area contributed by atoms with Crippen LogP contribution >= 0.6 is 11.6 Å². The minimum absolute atomic E-state index is 0.109. The van der Waals surface area contributed by atoms with Gasteiger partial charge in [-0.2, -0.15) is 0 Å². The van der Waals surface area contributed by atoms with Crippen molar-refractivity contribution in [3.63, 3.8) is 0 Å². The molecule has 0 aliphatic carbocycles. The first kappa shape index (κ1) is 11.5. The largest absolute Gasteiger partial charge is 0.397 e.